The van der Waals surface area contributed by atoms with Crippen LogP contribution in [0.3, 0.4) is 0 Å². The molecule has 0 saturated heterocycles. The molecule has 0 bridgehead atoms. The molecule has 0 fully saturated rings. The monoisotopic (exact) mass is 389 g/mol. The number of nitrogens with zero attached hydrogens (tertiary/aromatic N) is 1. The molecule has 28 heavy (non-hydrogen) atoms. The summed E-state index contributed by atoms with van der Waals surface area (Å²) in [6.45, 7) is 1.51. The van der Waals surface area contributed by atoms with Gasteiger partial charge in [0.25, 0.3) is 5.91 Å². The van der Waals surface area contributed by atoms with E-state index >= 15 is 0 Å². The Morgan fingerprint density at radius 1 is 1.14 bits per heavy atom. The molecule has 1 atom stereocenters. The van der Waals surface area contributed by atoms with Crippen LogP contribution in [0.25, 0.3) is 6.08 Å². The van der Waals surface area contributed by atoms with Crippen molar-refractivity contribution in [3.8, 4) is 0 Å². The van der Waals surface area contributed by atoms with E-state index in [9.17, 15) is 22.8 Å². The molecule has 1 heterocycles. The van der Waals surface area contributed by atoms with Gasteiger partial charge in [-0.05, 0) is 48.7 Å². The first-order chi connectivity index (χ1) is 13.3. The first-order valence-corrected chi connectivity index (χ1v) is 8.68. The number of hydrogen-bond acceptors (Lipinski definition) is 3. The van der Waals surface area contributed by atoms with E-state index in [-0.39, 0.29) is 11.9 Å². The van der Waals surface area contributed by atoms with Gasteiger partial charge in [0.2, 0.25) is 0 Å². The summed E-state index contributed by atoms with van der Waals surface area (Å²) >= 11 is 0. The fraction of sp³-hybridized carbons (Fsp3) is 0.238. The van der Waals surface area contributed by atoms with E-state index in [0.29, 0.717) is 5.56 Å². The Labute approximate surface area is 160 Å². The number of carbonyl (C=O) groups is 2. The Hall–Kier alpha value is -3.09. The molecule has 0 radical (unpaired) electrons. The molecule has 7 heteroatoms. The zero-order valence-electron chi connectivity index (χ0n) is 15.1. The second-order valence-electron chi connectivity index (χ2n) is 6.51. The van der Waals surface area contributed by atoms with Crippen molar-refractivity contribution in [2.75, 3.05) is 11.5 Å². The molecule has 2 aromatic rings. The van der Waals surface area contributed by atoms with Crippen LogP contribution >= 0.6 is 0 Å². The third-order valence-corrected chi connectivity index (χ3v) is 4.46. The van der Waals surface area contributed by atoms with Crippen molar-refractivity contribution in [1.29, 1.82) is 0 Å². The van der Waals surface area contributed by atoms with Crippen LogP contribution in [-0.4, -0.2) is 24.5 Å². The highest BCUT2D eigenvalue weighted by Gasteiger charge is 2.31. The highest BCUT2D eigenvalue weighted by Crippen LogP contribution is 2.32. The number of ether oxygens (including phenoxy) is 1. The minimum Gasteiger partial charge on any atom is -0.452 e. The van der Waals surface area contributed by atoms with Gasteiger partial charge in [0.05, 0.1) is 5.56 Å². The third kappa shape index (κ3) is 4.42. The van der Waals surface area contributed by atoms with Gasteiger partial charge in [-0.25, -0.2) is 4.79 Å². The summed E-state index contributed by atoms with van der Waals surface area (Å²) in [7, 11) is 0. The number of benzene rings is 2. The predicted octanol–water partition coefficient (Wildman–Crippen LogP) is 4.24. The quantitative estimate of drug-likeness (QED) is 0.581. The van der Waals surface area contributed by atoms with Gasteiger partial charge in [0.15, 0.2) is 6.61 Å². The van der Waals surface area contributed by atoms with Gasteiger partial charge in [0, 0.05) is 17.8 Å². The van der Waals surface area contributed by atoms with E-state index in [1.54, 1.807) is 4.90 Å². The molecule has 1 amide bonds. The molecule has 1 aliphatic rings. The number of esters is 1. The molecular formula is C21H18F3NO3. The van der Waals surface area contributed by atoms with Crippen molar-refractivity contribution in [3.05, 3.63) is 71.3 Å². The standard InChI is InChI=1S/C21H18F3NO3/c1-14-12-16-4-2-3-5-18(16)25(14)19(26)13-28-20(27)11-8-15-6-9-17(10-7-15)21(22,23)24/h2-11,14H,12-13H2,1H3/b11-8+/t14-/m0/s1. The largest absolute Gasteiger partial charge is 0.452 e. The minimum atomic E-state index is -4.41. The van der Waals surface area contributed by atoms with Crippen LogP contribution in [0.5, 0.6) is 0 Å². The topological polar surface area (TPSA) is 46.6 Å². The third-order valence-electron chi connectivity index (χ3n) is 4.46. The Morgan fingerprint density at radius 3 is 2.50 bits per heavy atom. The van der Waals surface area contributed by atoms with Crippen LogP contribution in [0.15, 0.2) is 54.6 Å². The molecule has 0 unspecified atom stereocenters. The first kappa shape index (κ1) is 19.7. The lowest BCUT2D eigenvalue weighted by molar-refractivity contribution is -0.143. The molecule has 0 saturated carbocycles. The SMILES string of the molecule is C[C@H]1Cc2ccccc2N1C(=O)COC(=O)/C=C/c1ccc(C(F)(F)F)cc1. The summed E-state index contributed by atoms with van der Waals surface area (Å²) in [4.78, 5) is 25.9. The van der Waals surface area contributed by atoms with E-state index in [4.69, 9.17) is 4.74 Å². The second kappa shape index (κ2) is 7.88. The number of alkyl halides is 3. The maximum absolute atomic E-state index is 12.5. The molecule has 0 spiro atoms. The van der Waals surface area contributed by atoms with Crippen LogP contribution in [0.2, 0.25) is 0 Å². The lowest BCUT2D eigenvalue weighted by Crippen LogP contribution is -2.38. The van der Waals surface area contributed by atoms with Crippen LogP contribution < -0.4 is 4.90 Å². The lowest BCUT2D eigenvalue weighted by Gasteiger charge is -2.22. The summed E-state index contributed by atoms with van der Waals surface area (Å²) < 4.78 is 42.6. The lowest BCUT2D eigenvalue weighted by atomic mass is 10.1. The highest BCUT2D eigenvalue weighted by molar-refractivity contribution is 5.98. The number of halogens is 3. The Bertz CT molecular complexity index is 904. The van der Waals surface area contributed by atoms with Gasteiger partial charge in [-0.3, -0.25) is 4.79 Å². The molecular weight excluding hydrogens is 371 g/mol. The molecule has 146 valence electrons. The Balaban J connectivity index is 1.56. The zero-order valence-corrected chi connectivity index (χ0v) is 15.1. The smallest absolute Gasteiger partial charge is 0.416 e. The molecule has 4 nitrogen and oxygen atoms in total. The Morgan fingerprint density at radius 2 is 1.82 bits per heavy atom. The summed E-state index contributed by atoms with van der Waals surface area (Å²) in [5.74, 6) is -1.07. The number of hydrogen-bond donors (Lipinski definition) is 0. The summed E-state index contributed by atoms with van der Waals surface area (Å²) in [6, 6.07) is 11.9. The van der Waals surface area contributed by atoms with E-state index in [1.807, 2.05) is 31.2 Å². The van der Waals surface area contributed by atoms with Crippen LogP contribution in [0.4, 0.5) is 18.9 Å². The maximum Gasteiger partial charge on any atom is 0.416 e. The van der Waals surface area contributed by atoms with E-state index in [1.165, 1.54) is 18.2 Å². The van der Waals surface area contributed by atoms with Crippen LogP contribution in [0, 0.1) is 0 Å². The van der Waals surface area contributed by atoms with Gasteiger partial charge in [0.1, 0.15) is 0 Å². The van der Waals surface area contributed by atoms with E-state index in [2.05, 4.69) is 0 Å². The van der Waals surface area contributed by atoms with Gasteiger partial charge < -0.3 is 9.64 Å². The Kier molecular flexibility index (Phi) is 5.53. The molecule has 2 aromatic carbocycles. The molecule has 0 aromatic heterocycles. The number of para-hydroxylation sites is 1. The highest BCUT2D eigenvalue weighted by atomic mass is 19.4. The van der Waals surface area contributed by atoms with Crippen LogP contribution in [-0.2, 0) is 26.9 Å². The van der Waals surface area contributed by atoms with Crippen molar-refractivity contribution in [1.82, 2.24) is 0 Å². The number of carbonyl (C=O) groups excluding carboxylic acids is 2. The van der Waals surface area contributed by atoms with Crippen molar-refractivity contribution >= 4 is 23.6 Å². The number of fused-ring (bicyclic) bond motifs is 1. The summed E-state index contributed by atoms with van der Waals surface area (Å²) in [6.07, 6.45) is -1.26. The van der Waals surface area contributed by atoms with Crippen molar-refractivity contribution < 1.29 is 27.5 Å². The fourth-order valence-electron chi connectivity index (χ4n) is 3.14. The van der Waals surface area contributed by atoms with Crippen molar-refractivity contribution in [3.63, 3.8) is 0 Å². The number of rotatable bonds is 4. The summed E-state index contributed by atoms with van der Waals surface area (Å²) in [5.41, 5.74) is 1.53. The normalized spacial score (nSPS) is 16.3. The zero-order chi connectivity index (χ0) is 20.3. The predicted molar refractivity (Wildman–Crippen MR) is 98.5 cm³/mol. The average Bonchev–Trinajstić information content (AvgIpc) is 3.00. The molecule has 1 aliphatic heterocycles. The molecule has 0 aliphatic carbocycles. The van der Waals surface area contributed by atoms with E-state index in [0.717, 1.165) is 35.9 Å². The number of anilines is 1. The van der Waals surface area contributed by atoms with Gasteiger partial charge in [-0.2, -0.15) is 13.2 Å². The van der Waals surface area contributed by atoms with Crippen molar-refractivity contribution in [2.45, 2.75) is 25.6 Å². The first-order valence-electron chi connectivity index (χ1n) is 8.68. The fourth-order valence-corrected chi connectivity index (χ4v) is 3.14. The average molecular weight is 389 g/mol. The molecule has 3 rings (SSSR count). The summed E-state index contributed by atoms with van der Waals surface area (Å²) in [5, 5.41) is 0. The van der Waals surface area contributed by atoms with E-state index < -0.39 is 24.3 Å². The number of amides is 1. The van der Waals surface area contributed by atoms with Gasteiger partial charge in [-0.15, -0.1) is 0 Å². The van der Waals surface area contributed by atoms with Gasteiger partial charge in [-0.1, -0.05) is 30.3 Å². The molecule has 0 N–H and O–H groups in total. The second-order valence-corrected chi connectivity index (χ2v) is 6.51. The van der Waals surface area contributed by atoms with Crippen LogP contribution in [0.1, 0.15) is 23.6 Å². The van der Waals surface area contributed by atoms with Gasteiger partial charge >= 0.3 is 12.1 Å². The minimum absolute atomic E-state index is 0.0220. The maximum atomic E-state index is 12.5. The van der Waals surface area contributed by atoms with Crippen molar-refractivity contribution in [2.24, 2.45) is 0 Å².